The molecule has 0 heterocycles. The highest BCUT2D eigenvalue weighted by Crippen LogP contribution is 2.19. The highest BCUT2D eigenvalue weighted by Gasteiger charge is 2.09. The average Bonchev–Trinajstić information content (AvgIpc) is 2.73. The quantitative estimate of drug-likeness (QED) is 0.410. The molecule has 0 saturated heterocycles. The van der Waals surface area contributed by atoms with Crippen LogP contribution < -0.4 is 0 Å². The minimum Gasteiger partial charge on any atom is -0.282 e. The Hall–Kier alpha value is -2.78. The zero-order valence-electron chi connectivity index (χ0n) is 16.4. The molecular formula is C22H22O6S2. The molecule has 0 radical (unpaired) electrons. The van der Waals surface area contributed by atoms with Crippen LogP contribution in [0.25, 0.3) is 21.5 Å². The average molecular weight is 447 g/mol. The maximum Gasteiger partial charge on any atom is 0.294 e. The third-order valence-electron chi connectivity index (χ3n) is 4.04. The molecule has 6 nitrogen and oxygen atoms in total. The molecule has 0 saturated carbocycles. The lowest BCUT2D eigenvalue weighted by Crippen LogP contribution is -1.97. The first kappa shape index (κ1) is 23.5. The zero-order chi connectivity index (χ0) is 22.4. The molecule has 0 aliphatic carbocycles. The van der Waals surface area contributed by atoms with Crippen LogP contribution >= 0.6 is 0 Å². The standard InChI is InChI=1S/2C10H8O3S.C2H6/c2*11-14(12,13)10-6-5-8-3-1-2-4-9(8)7-10;1-2/h2*1-7H,(H,11,12,13);1-2H3. The van der Waals surface area contributed by atoms with Gasteiger partial charge >= 0.3 is 0 Å². The van der Waals surface area contributed by atoms with Gasteiger partial charge in [0, 0.05) is 0 Å². The van der Waals surface area contributed by atoms with Gasteiger partial charge in [-0.2, -0.15) is 16.8 Å². The van der Waals surface area contributed by atoms with Crippen molar-refractivity contribution in [2.45, 2.75) is 23.6 Å². The third kappa shape index (κ3) is 6.11. The third-order valence-corrected chi connectivity index (χ3v) is 5.74. The van der Waals surface area contributed by atoms with Crippen molar-refractivity contribution in [3.8, 4) is 0 Å². The lowest BCUT2D eigenvalue weighted by Gasteiger charge is -1.99. The summed E-state index contributed by atoms with van der Waals surface area (Å²) in [4.78, 5) is -0.146. The van der Waals surface area contributed by atoms with Gasteiger partial charge in [-0.15, -0.1) is 0 Å². The van der Waals surface area contributed by atoms with Gasteiger partial charge in [-0.05, 0) is 45.8 Å². The minimum absolute atomic E-state index is 0.0730. The number of rotatable bonds is 2. The molecule has 0 aliphatic heterocycles. The van der Waals surface area contributed by atoms with E-state index in [9.17, 15) is 16.8 Å². The predicted molar refractivity (Wildman–Crippen MR) is 119 cm³/mol. The Morgan fingerprint density at radius 3 is 1.10 bits per heavy atom. The molecule has 0 aliphatic rings. The largest absolute Gasteiger partial charge is 0.294 e. The van der Waals surface area contributed by atoms with Crippen LogP contribution in [0.1, 0.15) is 13.8 Å². The van der Waals surface area contributed by atoms with Crippen molar-refractivity contribution in [2.24, 2.45) is 0 Å². The molecule has 0 atom stereocenters. The van der Waals surface area contributed by atoms with E-state index in [-0.39, 0.29) is 9.79 Å². The Balaban J connectivity index is 0.000000197. The molecule has 8 heteroatoms. The van der Waals surface area contributed by atoms with Crippen LogP contribution in [0.3, 0.4) is 0 Å². The highest BCUT2D eigenvalue weighted by atomic mass is 32.2. The molecule has 2 N–H and O–H groups in total. The first-order valence-electron chi connectivity index (χ1n) is 9.07. The van der Waals surface area contributed by atoms with E-state index >= 15 is 0 Å². The molecule has 0 spiro atoms. The summed E-state index contributed by atoms with van der Waals surface area (Å²) in [6.07, 6.45) is 0. The Labute approximate surface area is 176 Å². The van der Waals surface area contributed by atoms with Gasteiger partial charge < -0.3 is 0 Å². The normalized spacial score (nSPS) is 11.2. The van der Waals surface area contributed by atoms with Crippen molar-refractivity contribution in [1.29, 1.82) is 0 Å². The number of fused-ring (bicyclic) bond motifs is 2. The summed E-state index contributed by atoms with van der Waals surface area (Å²) in [7, 11) is -8.19. The van der Waals surface area contributed by atoms with Crippen LogP contribution in [0.15, 0.2) is 94.7 Å². The fourth-order valence-electron chi connectivity index (χ4n) is 2.66. The number of hydrogen-bond acceptors (Lipinski definition) is 4. The topological polar surface area (TPSA) is 109 Å². The van der Waals surface area contributed by atoms with E-state index in [0.29, 0.717) is 0 Å². The maximum atomic E-state index is 10.8. The van der Waals surface area contributed by atoms with Crippen molar-refractivity contribution >= 4 is 41.8 Å². The van der Waals surface area contributed by atoms with Crippen molar-refractivity contribution in [1.82, 2.24) is 0 Å². The van der Waals surface area contributed by atoms with Gasteiger partial charge in [0.1, 0.15) is 0 Å². The maximum absolute atomic E-state index is 10.8. The van der Waals surface area contributed by atoms with E-state index in [2.05, 4.69) is 0 Å². The van der Waals surface area contributed by atoms with Gasteiger partial charge in [0.25, 0.3) is 20.2 Å². The van der Waals surface area contributed by atoms with E-state index < -0.39 is 20.2 Å². The highest BCUT2D eigenvalue weighted by molar-refractivity contribution is 7.86. The molecule has 158 valence electrons. The van der Waals surface area contributed by atoms with Gasteiger partial charge in [-0.3, -0.25) is 9.11 Å². The van der Waals surface area contributed by atoms with Gasteiger partial charge in [0.2, 0.25) is 0 Å². The molecule has 0 unspecified atom stereocenters. The summed E-state index contributed by atoms with van der Waals surface area (Å²) >= 11 is 0. The molecule has 0 bridgehead atoms. The van der Waals surface area contributed by atoms with Crippen molar-refractivity contribution in [2.75, 3.05) is 0 Å². The first-order valence-corrected chi connectivity index (χ1v) is 12.0. The van der Waals surface area contributed by atoms with E-state index in [1.165, 1.54) is 24.3 Å². The van der Waals surface area contributed by atoms with Crippen LogP contribution in [0.2, 0.25) is 0 Å². The van der Waals surface area contributed by atoms with Crippen LogP contribution in [0, 0.1) is 0 Å². The fraction of sp³-hybridized carbons (Fsp3) is 0.0909. The van der Waals surface area contributed by atoms with E-state index in [1.54, 1.807) is 24.3 Å². The van der Waals surface area contributed by atoms with Gasteiger partial charge in [0.05, 0.1) is 9.79 Å². The summed E-state index contributed by atoms with van der Waals surface area (Å²) < 4.78 is 61.0. The molecule has 4 rings (SSSR count). The molecule has 0 aromatic heterocycles. The van der Waals surface area contributed by atoms with Gasteiger partial charge in [-0.25, -0.2) is 0 Å². The molecular weight excluding hydrogens is 424 g/mol. The van der Waals surface area contributed by atoms with Crippen LogP contribution in [-0.2, 0) is 20.2 Å². The van der Waals surface area contributed by atoms with Crippen molar-refractivity contribution in [3.63, 3.8) is 0 Å². The van der Waals surface area contributed by atoms with Gasteiger partial charge in [0.15, 0.2) is 0 Å². The predicted octanol–water partition coefficient (Wildman–Crippen LogP) is 5.20. The molecule has 4 aromatic carbocycles. The van der Waals surface area contributed by atoms with Crippen molar-refractivity contribution < 1.29 is 25.9 Å². The van der Waals surface area contributed by atoms with Crippen LogP contribution in [-0.4, -0.2) is 25.9 Å². The van der Waals surface area contributed by atoms with E-state index in [0.717, 1.165) is 21.5 Å². The summed E-state index contributed by atoms with van der Waals surface area (Å²) in [6.45, 7) is 4.00. The Bertz CT molecular complexity index is 1250. The summed E-state index contributed by atoms with van der Waals surface area (Å²) in [5.74, 6) is 0. The first-order chi connectivity index (χ1) is 14.1. The van der Waals surface area contributed by atoms with Crippen LogP contribution in [0.5, 0.6) is 0 Å². The van der Waals surface area contributed by atoms with Crippen LogP contribution in [0.4, 0.5) is 0 Å². The smallest absolute Gasteiger partial charge is 0.282 e. The summed E-state index contributed by atoms with van der Waals surface area (Å²) in [5, 5.41) is 3.48. The second kappa shape index (κ2) is 9.82. The Morgan fingerprint density at radius 2 is 0.800 bits per heavy atom. The molecule has 0 amide bonds. The van der Waals surface area contributed by atoms with Gasteiger partial charge in [-0.1, -0.05) is 74.5 Å². The molecule has 0 fully saturated rings. The molecule has 4 aromatic rings. The minimum atomic E-state index is -4.09. The summed E-state index contributed by atoms with van der Waals surface area (Å²) in [5.41, 5.74) is 0. The fourth-order valence-corrected chi connectivity index (χ4v) is 3.69. The SMILES string of the molecule is CC.O=S(=O)(O)c1ccc2ccccc2c1.O=S(=O)(O)c1ccc2ccccc2c1. The molecule has 30 heavy (non-hydrogen) atoms. The lowest BCUT2D eigenvalue weighted by molar-refractivity contribution is 0.481. The summed E-state index contributed by atoms with van der Waals surface area (Å²) in [6, 6.07) is 23.7. The van der Waals surface area contributed by atoms with Crippen molar-refractivity contribution in [3.05, 3.63) is 84.9 Å². The Kier molecular flexibility index (Phi) is 7.69. The van der Waals surface area contributed by atoms with E-state index in [4.69, 9.17) is 9.11 Å². The number of benzene rings is 4. The second-order valence-corrected chi connectivity index (χ2v) is 8.81. The van der Waals surface area contributed by atoms with E-state index in [1.807, 2.05) is 50.2 Å². The lowest BCUT2D eigenvalue weighted by atomic mass is 10.1. The second-order valence-electron chi connectivity index (χ2n) is 5.97. The monoisotopic (exact) mass is 446 g/mol. The number of hydrogen-bond donors (Lipinski definition) is 2. The zero-order valence-corrected chi connectivity index (χ0v) is 18.1. The Morgan fingerprint density at radius 1 is 0.500 bits per heavy atom.